The Hall–Kier alpha value is -3.55. The number of rotatable bonds is 8. The quantitative estimate of drug-likeness (QED) is 0.632. The van der Waals surface area contributed by atoms with E-state index in [1.807, 2.05) is 11.9 Å². The van der Waals surface area contributed by atoms with Gasteiger partial charge in [-0.25, -0.2) is 8.78 Å². The summed E-state index contributed by atoms with van der Waals surface area (Å²) in [7, 11) is 1.84. The topological polar surface area (TPSA) is 67.3 Å². The second-order valence-corrected chi connectivity index (χ2v) is 6.41. The second kappa shape index (κ2) is 9.59. The molecule has 0 unspecified atom stereocenters. The molecule has 1 heterocycles. The number of hydrogen-bond donors (Lipinski definition) is 1. The predicted molar refractivity (Wildman–Crippen MR) is 104 cm³/mol. The average molecular weight is 398 g/mol. The van der Waals surface area contributed by atoms with Crippen LogP contribution in [0, 0.1) is 11.6 Å². The molecule has 0 saturated heterocycles. The summed E-state index contributed by atoms with van der Waals surface area (Å²) in [6, 6.07) is 15.6. The van der Waals surface area contributed by atoms with Gasteiger partial charge in [0.1, 0.15) is 11.6 Å². The van der Waals surface area contributed by atoms with Gasteiger partial charge in [0.25, 0.3) is 5.91 Å². The molecule has 1 amide bonds. The third kappa shape index (κ3) is 6.24. The van der Waals surface area contributed by atoms with E-state index < -0.39 is 0 Å². The van der Waals surface area contributed by atoms with E-state index in [0.717, 1.165) is 5.56 Å². The van der Waals surface area contributed by atoms with Crippen LogP contribution in [0.5, 0.6) is 5.88 Å². The van der Waals surface area contributed by atoms with Gasteiger partial charge in [0, 0.05) is 26.2 Å². The van der Waals surface area contributed by atoms with E-state index in [-0.39, 0.29) is 36.6 Å². The number of halogens is 2. The highest BCUT2D eigenvalue weighted by Crippen LogP contribution is 2.15. The summed E-state index contributed by atoms with van der Waals surface area (Å²) in [5.74, 6) is -0.166. The summed E-state index contributed by atoms with van der Waals surface area (Å²) in [6.07, 6.45) is 0. The smallest absolute Gasteiger partial charge is 0.258 e. The molecular weight excluding hydrogens is 378 g/mol. The van der Waals surface area contributed by atoms with Crippen LogP contribution in [0.1, 0.15) is 11.1 Å². The molecule has 0 atom stereocenters. The van der Waals surface area contributed by atoms with Gasteiger partial charge in [-0.2, -0.15) is 0 Å². The number of carbonyl (C=O) groups excluding carboxylic acids is 1. The lowest BCUT2D eigenvalue weighted by Crippen LogP contribution is -2.28. The van der Waals surface area contributed by atoms with Gasteiger partial charge >= 0.3 is 0 Å². The maximum atomic E-state index is 13.1. The Morgan fingerprint density at radius 1 is 1.00 bits per heavy atom. The monoisotopic (exact) mass is 398 g/mol. The largest absolute Gasteiger partial charge is 0.466 e. The van der Waals surface area contributed by atoms with Crippen molar-refractivity contribution in [3.05, 3.63) is 83.4 Å². The first-order chi connectivity index (χ1) is 14.0. The van der Waals surface area contributed by atoms with Crippen LogP contribution < -0.4 is 15.0 Å². The van der Waals surface area contributed by atoms with E-state index in [1.54, 1.807) is 36.4 Å². The lowest BCUT2D eigenvalue weighted by atomic mass is 10.2. The minimum absolute atomic E-state index is 0.207. The van der Waals surface area contributed by atoms with Crippen molar-refractivity contribution in [1.82, 2.24) is 15.5 Å². The number of amides is 1. The number of aromatic nitrogens is 2. The number of anilines is 1. The molecular formula is C21H20F2N4O2. The molecule has 0 aliphatic rings. The second-order valence-electron chi connectivity index (χ2n) is 6.41. The summed E-state index contributed by atoms with van der Waals surface area (Å²) in [5.41, 5.74) is 1.60. The van der Waals surface area contributed by atoms with Gasteiger partial charge in [0.2, 0.25) is 5.88 Å². The van der Waals surface area contributed by atoms with Crippen LogP contribution in [-0.2, 0) is 17.9 Å². The van der Waals surface area contributed by atoms with Gasteiger partial charge < -0.3 is 15.0 Å². The molecule has 1 N–H and O–H groups in total. The summed E-state index contributed by atoms with van der Waals surface area (Å²) in [6.45, 7) is 0.519. The first kappa shape index (κ1) is 20.2. The molecule has 0 spiro atoms. The molecule has 1 aromatic heterocycles. The Morgan fingerprint density at radius 2 is 1.79 bits per heavy atom. The van der Waals surface area contributed by atoms with E-state index in [4.69, 9.17) is 4.74 Å². The van der Waals surface area contributed by atoms with Crippen molar-refractivity contribution in [2.24, 2.45) is 0 Å². The first-order valence-corrected chi connectivity index (χ1v) is 8.93. The van der Waals surface area contributed by atoms with Gasteiger partial charge in [0.05, 0.1) is 0 Å². The molecule has 2 aromatic carbocycles. The number of nitrogens with zero attached hydrogens (tertiary/aromatic N) is 3. The zero-order valence-corrected chi connectivity index (χ0v) is 15.8. The van der Waals surface area contributed by atoms with Crippen molar-refractivity contribution in [1.29, 1.82) is 0 Å². The number of hydrogen-bond acceptors (Lipinski definition) is 5. The number of ether oxygens (including phenoxy) is 1. The zero-order valence-electron chi connectivity index (χ0n) is 15.8. The molecule has 0 radical (unpaired) electrons. The van der Waals surface area contributed by atoms with Crippen LogP contribution in [0.3, 0.4) is 0 Å². The highest BCUT2D eigenvalue weighted by atomic mass is 19.1. The van der Waals surface area contributed by atoms with E-state index in [2.05, 4.69) is 15.5 Å². The van der Waals surface area contributed by atoms with Crippen LogP contribution in [0.2, 0.25) is 0 Å². The zero-order chi connectivity index (χ0) is 20.6. The molecule has 6 nitrogen and oxygen atoms in total. The predicted octanol–water partition coefficient (Wildman–Crippen LogP) is 3.09. The molecule has 0 aliphatic heterocycles. The molecule has 0 bridgehead atoms. The average Bonchev–Trinajstić information content (AvgIpc) is 2.73. The van der Waals surface area contributed by atoms with Crippen molar-refractivity contribution in [3.8, 4) is 5.88 Å². The van der Waals surface area contributed by atoms with E-state index in [9.17, 15) is 13.6 Å². The summed E-state index contributed by atoms with van der Waals surface area (Å²) >= 11 is 0. The van der Waals surface area contributed by atoms with E-state index in [0.29, 0.717) is 17.9 Å². The fourth-order valence-corrected chi connectivity index (χ4v) is 2.58. The molecule has 3 rings (SSSR count). The molecule has 0 aliphatic carbocycles. The number of nitrogens with one attached hydrogen (secondary N) is 1. The number of benzene rings is 2. The highest BCUT2D eigenvalue weighted by Gasteiger charge is 2.08. The minimum Gasteiger partial charge on any atom is -0.466 e. The standard InChI is InChI=1S/C21H20F2N4O2/c1-27(13-15-5-7-17(22)8-6-15)19-9-10-21(26-25-19)29-14-20(28)24-12-16-3-2-4-18(23)11-16/h2-11H,12-14H2,1H3,(H,24,28). The molecule has 0 saturated carbocycles. The fraction of sp³-hybridized carbons (Fsp3) is 0.190. The third-order valence-corrected chi connectivity index (χ3v) is 4.08. The maximum Gasteiger partial charge on any atom is 0.258 e. The van der Waals surface area contributed by atoms with Crippen LogP contribution in [-0.4, -0.2) is 29.8 Å². The lowest BCUT2D eigenvalue weighted by Gasteiger charge is -2.17. The Balaban J connectivity index is 1.45. The van der Waals surface area contributed by atoms with Crippen LogP contribution in [0.4, 0.5) is 14.6 Å². The third-order valence-electron chi connectivity index (χ3n) is 4.08. The van der Waals surface area contributed by atoms with Crippen LogP contribution >= 0.6 is 0 Å². The van der Waals surface area contributed by atoms with Gasteiger partial charge in [-0.05, 0) is 41.5 Å². The summed E-state index contributed by atoms with van der Waals surface area (Å²) in [4.78, 5) is 13.7. The van der Waals surface area contributed by atoms with Crippen molar-refractivity contribution in [2.45, 2.75) is 13.1 Å². The molecule has 8 heteroatoms. The Kier molecular flexibility index (Phi) is 6.67. The van der Waals surface area contributed by atoms with Crippen LogP contribution in [0.15, 0.2) is 60.7 Å². The van der Waals surface area contributed by atoms with Crippen molar-refractivity contribution in [2.75, 3.05) is 18.6 Å². The SMILES string of the molecule is CN(Cc1ccc(F)cc1)c1ccc(OCC(=O)NCc2cccc(F)c2)nn1. The highest BCUT2D eigenvalue weighted by molar-refractivity contribution is 5.77. The Morgan fingerprint density at radius 3 is 2.48 bits per heavy atom. The van der Waals surface area contributed by atoms with E-state index in [1.165, 1.54) is 24.3 Å². The Labute approximate surface area is 167 Å². The Bertz CT molecular complexity index is 950. The fourth-order valence-electron chi connectivity index (χ4n) is 2.58. The summed E-state index contributed by atoms with van der Waals surface area (Å²) < 4.78 is 31.4. The molecule has 150 valence electrons. The van der Waals surface area contributed by atoms with Gasteiger partial charge in [-0.15, -0.1) is 10.2 Å². The lowest BCUT2D eigenvalue weighted by molar-refractivity contribution is -0.123. The van der Waals surface area contributed by atoms with Crippen molar-refractivity contribution >= 4 is 11.7 Å². The van der Waals surface area contributed by atoms with Gasteiger partial charge in [0.15, 0.2) is 12.4 Å². The molecule has 29 heavy (non-hydrogen) atoms. The van der Waals surface area contributed by atoms with Crippen LogP contribution in [0.25, 0.3) is 0 Å². The van der Waals surface area contributed by atoms with E-state index >= 15 is 0 Å². The normalized spacial score (nSPS) is 10.4. The maximum absolute atomic E-state index is 13.1. The molecule has 0 fully saturated rings. The van der Waals surface area contributed by atoms with Gasteiger partial charge in [-0.1, -0.05) is 24.3 Å². The summed E-state index contributed by atoms with van der Waals surface area (Å²) in [5, 5.41) is 10.7. The minimum atomic E-state index is -0.354. The first-order valence-electron chi connectivity index (χ1n) is 8.93. The number of carbonyl (C=O) groups is 1. The van der Waals surface area contributed by atoms with Crippen molar-refractivity contribution < 1.29 is 18.3 Å². The van der Waals surface area contributed by atoms with Crippen molar-refractivity contribution in [3.63, 3.8) is 0 Å². The molecule has 3 aromatic rings. The van der Waals surface area contributed by atoms with Gasteiger partial charge in [-0.3, -0.25) is 4.79 Å².